The second kappa shape index (κ2) is 14.4. The SMILES string of the molecule is CCCCN1NC(Cc2ccc(-c3ccccc3-c3nnn(C(c4ccccc4)(c4ccccc4)c4ccccc4)n3)cc2)C(CO)=C1C. The summed E-state index contributed by atoms with van der Waals surface area (Å²) in [5.74, 6) is 0.558. The Morgan fingerprint density at radius 2 is 1.27 bits per heavy atom. The Bertz CT molecular complexity index is 1910. The highest BCUT2D eigenvalue weighted by atomic mass is 16.3. The molecule has 2 heterocycles. The van der Waals surface area contributed by atoms with E-state index in [1.807, 2.05) is 30.3 Å². The Kier molecular flexibility index (Phi) is 9.46. The number of hydrazine groups is 1. The van der Waals surface area contributed by atoms with E-state index in [0.29, 0.717) is 5.82 Å². The van der Waals surface area contributed by atoms with E-state index in [1.54, 1.807) is 4.80 Å². The predicted octanol–water partition coefficient (Wildman–Crippen LogP) is 7.65. The first kappa shape index (κ1) is 32.2. The molecule has 0 aliphatic carbocycles. The zero-order valence-corrected chi connectivity index (χ0v) is 28.1. The second-order valence-corrected chi connectivity index (χ2v) is 12.6. The third-order valence-corrected chi connectivity index (χ3v) is 9.67. The van der Waals surface area contributed by atoms with Crippen LogP contribution in [0.25, 0.3) is 22.5 Å². The molecule has 0 saturated heterocycles. The standard InChI is InChI=1S/C42H42N6O/c1-3-4-28-47-31(2)39(30-49)40(44-47)29-32-24-26-33(27-25-32)37-22-14-15-23-38(37)41-43-46-48(45-41)42(34-16-8-5-9-17-34,35-18-10-6-11-19-35)36-20-12-7-13-21-36/h5-27,40,44,49H,3-4,28-30H2,1-2H3. The molecule has 0 spiro atoms. The lowest BCUT2D eigenvalue weighted by atomic mass is 9.77. The van der Waals surface area contributed by atoms with E-state index in [1.165, 1.54) is 5.56 Å². The number of aromatic nitrogens is 4. The number of benzene rings is 5. The summed E-state index contributed by atoms with van der Waals surface area (Å²) in [6.45, 7) is 5.30. The number of hydrogen-bond acceptors (Lipinski definition) is 6. The molecule has 0 fully saturated rings. The van der Waals surface area contributed by atoms with Gasteiger partial charge >= 0.3 is 0 Å². The number of tetrazole rings is 1. The van der Waals surface area contributed by atoms with E-state index in [4.69, 9.17) is 15.4 Å². The molecule has 0 bridgehead atoms. The maximum Gasteiger partial charge on any atom is 0.205 e. The summed E-state index contributed by atoms with van der Waals surface area (Å²) >= 11 is 0. The molecule has 1 aliphatic rings. The van der Waals surface area contributed by atoms with Crippen LogP contribution in [0.1, 0.15) is 48.9 Å². The fraction of sp³-hybridized carbons (Fsp3) is 0.214. The second-order valence-electron chi connectivity index (χ2n) is 12.6. The first-order valence-corrected chi connectivity index (χ1v) is 17.1. The van der Waals surface area contributed by atoms with Crippen LogP contribution in [0.3, 0.4) is 0 Å². The van der Waals surface area contributed by atoms with Gasteiger partial charge in [-0.1, -0.05) is 153 Å². The van der Waals surface area contributed by atoms with Crippen LogP contribution in [0.2, 0.25) is 0 Å². The molecule has 7 rings (SSSR count). The Morgan fingerprint density at radius 1 is 0.714 bits per heavy atom. The fourth-order valence-electron chi connectivity index (χ4n) is 7.06. The molecule has 1 unspecified atom stereocenters. The Morgan fingerprint density at radius 3 is 1.82 bits per heavy atom. The van der Waals surface area contributed by atoms with E-state index in [-0.39, 0.29) is 12.6 Å². The summed E-state index contributed by atoms with van der Waals surface area (Å²) in [6, 6.07) is 48.2. The summed E-state index contributed by atoms with van der Waals surface area (Å²) in [6.07, 6.45) is 3.04. The minimum atomic E-state index is -0.841. The van der Waals surface area contributed by atoms with Crippen LogP contribution in [0.15, 0.2) is 151 Å². The van der Waals surface area contributed by atoms with Gasteiger partial charge in [0.1, 0.15) is 0 Å². The number of hydrogen-bond donors (Lipinski definition) is 2. The van der Waals surface area contributed by atoms with Crippen LogP contribution in [0.4, 0.5) is 0 Å². The van der Waals surface area contributed by atoms with Crippen molar-refractivity contribution in [2.45, 2.75) is 44.7 Å². The van der Waals surface area contributed by atoms with E-state index in [0.717, 1.165) is 70.5 Å². The highest BCUT2D eigenvalue weighted by Crippen LogP contribution is 2.40. The largest absolute Gasteiger partial charge is 0.392 e. The average molecular weight is 647 g/mol. The van der Waals surface area contributed by atoms with E-state index < -0.39 is 5.54 Å². The van der Waals surface area contributed by atoms with Gasteiger partial charge in [-0.05, 0) is 63.9 Å². The molecular weight excluding hydrogens is 605 g/mol. The molecule has 0 saturated carbocycles. The van der Waals surface area contributed by atoms with Crippen molar-refractivity contribution in [2.24, 2.45) is 0 Å². The van der Waals surface area contributed by atoms with Gasteiger partial charge in [0.05, 0.1) is 12.6 Å². The molecule has 246 valence electrons. The molecule has 1 atom stereocenters. The number of nitrogens with one attached hydrogen (secondary N) is 1. The molecule has 1 aromatic heterocycles. The van der Waals surface area contributed by atoms with Gasteiger partial charge < -0.3 is 10.1 Å². The molecular formula is C42H42N6O. The maximum absolute atomic E-state index is 10.2. The molecule has 0 amide bonds. The van der Waals surface area contributed by atoms with Gasteiger partial charge in [0.15, 0.2) is 5.54 Å². The zero-order chi connectivity index (χ0) is 33.6. The predicted molar refractivity (Wildman–Crippen MR) is 195 cm³/mol. The van der Waals surface area contributed by atoms with Crippen LogP contribution >= 0.6 is 0 Å². The third-order valence-electron chi connectivity index (χ3n) is 9.67. The Labute approximate surface area is 288 Å². The number of allylic oxidation sites excluding steroid dienone is 1. The van der Waals surface area contributed by atoms with Gasteiger partial charge in [-0.3, -0.25) is 0 Å². The van der Waals surface area contributed by atoms with E-state index in [2.05, 4.69) is 133 Å². The first-order valence-electron chi connectivity index (χ1n) is 17.1. The highest BCUT2D eigenvalue weighted by molar-refractivity contribution is 5.80. The number of nitrogens with zero attached hydrogens (tertiary/aromatic N) is 5. The molecule has 2 N–H and O–H groups in total. The van der Waals surface area contributed by atoms with Crippen molar-refractivity contribution in [3.8, 4) is 22.5 Å². The lowest BCUT2D eigenvalue weighted by Gasteiger charge is -2.34. The van der Waals surface area contributed by atoms with Gasteiger partial charge in [-0.2, -0.15) is 0 Å². The van der Waals surface area contributed by atoms with Crippen molar-refractivity contribution >= 4 is 0 Å². The lowest BCUT2D eigenvalue weighted by molar-refractivity contribution is 0.247. The van der Waals surface area contributed by atoms with Crippen molar-refractivity contribution in [2.75, 3.05) is 13.2 Å². The van der Waals surface area contributed by atoms with Crippen molar-refractivity contribution in [1.82, 2.24) is 30.6 Å². The molecule has 5 aromatic carbocycles. The molecule has 1 aliphatic heterocycles. The third kappa shape index (κ3) is 6.19. The Balaban J connectivity index is 1.23. The van der Waals surface area contributed by atoms with Gasteiger partial charge in [0.25, 0.3) is 0 Å². The van der Waals surface area contributed by atoms with Crippen LogP contribution in [-0.4, -0.2) is 49.5 Å². The van der Waals surface area contributed by atoms with Crippen LogP contribution < -0.4 is 5.43 Å². The fourth-order valence-corrected chi connectivity index (χ4v) is 7.06. The summed E-state index contributed by atoms with van der Waals surface area (Å²) in [5, 5.41) is 27.0. The van der Waals surface area contributed by atoms with Crippen molar-refractivity contribution in [1.29, 1.82) is 0 Å². The van der Waals surface area contributed by atoms with Gasteiger partial charge in [-0.15, -0.1) is 15.0 Å². The highest BCUT2D eigenvalue weighted by Gasteiger charge is 2.41. The van der Waals surface area contributed by atoms with Crippen LogP contribution in [-0.2, 0) is 12.0 Å². The zero-order valence-electron chi connectivity index (χ0n) is 28.1. The van der Waals surface area contributed by atoms with Crippen LogP contribution in [0.5, 0.6) is 0 Å². The summed E-state index contributed by atoms with van der Waals surface area (Å²) in [7, 11) is 0. The minimum absolute atomic E-state index is 0.0609. The monoisotopic (exact) mass is 646 g/mol. The number of aliphatic hydroxyl groups excluding tert-OH is 1. The summed E-state index contributed by atoms with van der Waals surface area (Å²) < 4.78 is 0. The quantitative estimate of drug-likeness (QED) is 0.133. The van der Waals surface area contributed by atoms with Crippen LogP contribution in [0, 0.1) is 0 Å². The van der Waals surface area contributed by atoms with Gasteiger partial charge in [0, 0.05) is 17.8 Å². The maximum atomic E-state index is 10.2. The molecule has 6 aromatic rings. The summed E-state index contributed by atoms with van der Waals surface area (Å²) in [4.78, 5) is 1.77. The lowest BCUT2D eigenvalue weighted by Crippen LogP contribution is -2.39. The normalized spacial score (nSPS) is 14.8. The number of aliphatic hydroxyl groups is 1. The van der Waals surface area contributed by atoms with Crippen molar-refractivity contribution in [3.05, 3.63) is 173 Å². The van der Waals surface area contributed by atoms with E-state index >= 15 is 0 Å². The van der Waals surface area contributed by atoms with Gasteiger partial charge in [0.2, 0.25) is 5.82 Å². The minimum Gasteiger partial charge on any atom is -0.392 e. The average Bonchev–Trinajstić information content (AvgIpc) is 3.77. The molecule has 0 radical (unpaired) electrons. The molecule has 7 nitrogen and oxygen atoms in total. The van der Waals surface area contributed by atoms with Crippen molar-refractivity contribution < 1.29 is 5.11 Å². The Hall–Kier alpha value is -5.37. The molecule has 7 heteroatoms. The first-order chi connectivity index (χ1) is 24.1. The number of rotatable bonds is 12. The summed E-state index contributed by atoms with van der Waals surface area (Å²) in [5.41, 5.74) is 12.3. The van der Waals surface area contributed by atoms with Crippen molar-refractivity contribution in [3.63, 3.8) is 0 Å². The van der Waals surface area contributed by atoms with E-state index in [9.17, 15) is 5.11 Å². The van der Waals surface area contributed by atoms with Gasteiger partial charge in [-0.25, -0.2) is 5.43 Å². The number of unbranched alkanes of at least 4 members (excludes halogenated alkanes) is 1. The smallest absolute Gasteiger partial charge is 0.205 e. The topological polar surface area (TPSA) is 79.1 Å². The molecule has 49 heavy (non-hydrogen) atoms.